The Morgan fingerprint density at radius 2 is 0.887 bits per heavy atom. The van der Waals surface area contributed by atoms with E-state index in [1.165, 1.54) is 193 Å². The number of phosphoric ester groups is 1. The van der Waals surface area contributed by atoms with Crippen LogP contribution in [0.3, 0.4) is 0 Å². The molecule has 0 heterocycles. The predicted octanol–water partition coefficient (Wildman–Crippen LogP) is 16.3. The molecule has 0 rings (SSSR count). The Bertz CT molecular complexity index is 1050. The van der Waals surface area contributed by atoms with Crippen LogP contribution in [0.15, 0.2) is 24.3 Å². The van der Waals surface area contributed by atoms with Crippen LogP contribution in [0.4, 0.5) is 0 Å². The fourth-order valence-corrected chi connectivity index (χ4v) is 8.39. The number of esters is 1. The Labute approximate surface area is 385 Å². The van der Waals surface area contributed by atoms with E-state index in [0.717, 1.165) is 38.5 Å². The van der Waals surface area contributed by atoms with E-state index in [1.807, 2.05) is 21.1 Å². The van der Waals surface area contributed by atoms with Gasteiger partial charge in [-0.1, -0.05) is 224 Å². The largest absolute Gasteiger partial charge is 0.472 e. The molecule has 0 fully saturated rings. The topological polar surface area (TPSA) is 91.3 Å². The van der Waals surface area contributed by atoms with Crippen LogP contribution in [-0.2, 0) is 27.9 Å². The summed E-state index contributed by atoms with van der Waals surface area (Å²) in [4.78, 5) is 23.0. The normalized spacial score (nSPS) is 13.7. The van der Waals surface area contributed by atoms with Crippen molar-refractivity contribution in [2.45, 2.75) is 258 Å². The molecule has 0 bridgehead atoms. The molecule has 62 heavy (non-hydrogen) atoms. The third kappa shape index (κ3) is 50.0. The second kappa shape index (κ2) is 46.5. The van der Waals surface area contributed by atoms with Gasteiger partial charge in [-0.3, -0.25) is 13.8 Å². The maximum Gasteiger partial charge on any atom is 0.472 e. The lowest BCUT2D eigenvalue weighted by Crippen LogP contribution is -2.37. The number of allylic oxidation sites excluding steroid dienone is 4. The summed E-state index contributed by atoms with van der Waals surface area (Å²) in [6.45, 7) is 5.65. The number of rotatable bonds is 50. The molecule has 0 aliphatic rings. The number of likely N-dealkylation sites (N-methyl/N-ethyl adjacent to an activating group) is 1. The molecule has 0 aromatic rings. The third-order valence-electron chi connectivity index (χ3n) is 11.8. The molecule has 0 saturated carbocycles. The summed E-state index contributed by atoms with van der Waals surface area (Å²) in [5.74, 6) is -0.309. The van der Waals surface area contributed by atoms with Crippen LogP contribution >= 0.6 is 7.82 Å². The van der Waals surface area contributed by atoms with Crippen LogP contribution < -0.4 is 0 Å². The van der Waals surface area contributed by atoms with Crippen LogP contribution in [0.2, 0.25) is 0 Å². The second-order valence-electron chi connectivity index (χ2n) is 19.3. The number of ether oxygens (including phenoxy) is 2. The minimum atomic E-state index is -4.28. The fraction of sp³-hybridized carbons (Fsp3) is 0.906. The van der Waals surface area contributed by atoms with Gasteiger partial charge in [0.2, 0.25) is 0 Å². The van der Waals surface area contributed by atoms with Crippen LogP contribution in [0, 0.1) is 0 Å². The molecule has 0 aromatic carbocycles. The zero-order chi connectivity index (χ0) is 45.5. The van der Waals surface area contributed by atoms with E-state index in [4.69, 9.17) is 18.5 Å². The van der Waals surface area contributed by atoms with Crippen LogP contribution in [0.25, 0.3) is 0 Å². The summed E-state index contributed by atoms with van der Waals surface area (Å²) in [5, 5.41) is 0. The molecule has 0 saturated heterocycles. The van der Waals surface area contributed by atoms with E-state index >= 15 is 0 Å². The highest BCUT2D eigenvalue weighted by molar-refractivity contribution is 7.47. The Hall–Kier alpha value is -1.02. The van der Waals surface area contributed by atoms with E-state index < -0.39 is 13.9 Å². The Balaban J connectivity index is 4.10. The van der Waals surface area contributed by atoms with Crippen molar-refractivity contribution >= 4 is 13.8 Å². The number of carbonyl (C=O) groups is 1. The first-order chi connectivity index (χ1) is 30.1. The van der Waals surface area contributed by atoms with Gasteiger partial charge in [0.15, 0.2) is 0 Å². The monoisotopic (exact) mass is 899 g/mol. The van der Waals surface area contributed by atoms with Crippen molar-refractivity contribution in [2.75, 3.05) is 54.1 Å². The summed E-state index contributed by atoms with van der Waals surface area (Å²) in [7, 11) is 1.68. The lowest BCUT2D eigenvalue weighted by molar-refractivity contribution is -0.870. The van der Waals surface area contributed by atoms with Crippen molar-refractivity contribution in [3.63, 3.8) is 0 Å². The van der Waals surface area contributed by atoms with Crippen LogP contribution in [0.1, 0.15) is 251 Å². The molecule has 2 atom stereocenters. The SMILES string of the molecule is CCCCC/C=C\C/C=C\CCCCCCCCCCCCOCC(COP(=O)(O)OCC[N+](C)(C)C)OC(=O)CCCCCCCCCCCCCCCCCCCCCC. The number of unbranched alkanes of at least 4 members (excludes halogenated alkanes) is 32. The number of nitrogens with zero attached hydrogens (tertiary/aromatic N) is 1. The zero-order valence-electron chi connectivity index (χ0n) is 41.9. The average Bonchev–Trinajstić information content (AvgIpc) is 3.23. The van der Waals surface area contributed by atoms with Crippen molar-refractivity contribution in [3.8, 4) is 0 Å². The molecule has 8 nitrogen and oxygen atoms in total. The molecule has 1 N–H and O–H groups in total. The average molecular weight is 899 g/mol. The maximum atomic E-state index is 12.8. The molecule has 2 unspecified atom stereocenters. The number of phosphoric acid groups is 1. The summed E-state index contributed by atoms with van der Waals surface area (Å²) in [6.07, 6.45) is 55.1. The smallest absolute Gasteiger partial charge is 0.457 e. The van der Waals surface area contributed by atoms with Crippen molar-refractivity contribution < 1.29 is 37.3 Å². The first-order valence-corrected chi connectivity index (χ1v) is 28.1. The number of hydrogen-bond donors (Lipinski definition) is 1. The lowest BCUT2D eigenvalue weighted by atomic mass is 10.0. The van der Waals surface area contributed by atoms with Gasteiger partial charge >= 0.3 is 13.8 Å². The highest BCUT2D eigenvalue weighted by Crippen LogP contribution is 2.43. The summed E-state index contributed by atoms with van der Waals surface area (Å²) in [6, 6.07) is 0. The lowest BCUT2D eigenvalue weighted by Gasteiger charge is -2.24. The van der Waals surface area contributed by atoms with Gasteiger partial charge in [0, 0.05) is 13.0 Å². The van der Waals surface area contributed by atoms with Crippen molar-refractivity contribution in [3.05, 3.63) is 24.3 Å². The van der Waals surface area contributed by atoms with E-state index in [9.17, 15) is 14.3 Å². The molecular formula is C53H105NO7P+. The second-order valence-corrected chi connectivity index (χ2v) is 20.7. The molecule has 368 valence electrons. The van der Waals surface area contributed by atoms with E-state index in [0.29, 0.717) is 24.1 Å². The molecule has 0 spiro atoms. The van der Waals surface area contributed by atoms with Gasteiger partial charge in [-0.2, -0.15) is 0 Å². The zero-order valence-corrected chi connectivity index (χ0v) is 42.8. The van der Waals surface area contributed by atoms with Gasteiger partial charge < -0.3 is 18.9 Å². The van der Waals surface area contributed by atoms with E-state index in [2.05, 4.69) is 38.2 Å². The number of carbonyl (C=O) groups excluding carboxylic acids is 1. The molecule has 0 amide bonds. The van der Waals surface area contributed by atoms with Gasteiger partial charge in [0.1, 0.15) is 19.3 Å². The van der Waals surface area contributed by atoms with Gasteiger partial charge in [-0.15, -0.1) is 0 Å². The van der Waals surface area contributed by atoms with Gasteiger partial charge in [-0.05, 0) is 44.9 Å². The summed E-state index contributed by atoms with van der Waals surface area (Å²) >= 11 is 0. The quantitative estimate of drug-likeness (QED) is 0.0214. The standard InChI is InChI=1S/C53H104NO7P/c1-6-8-10-12-14-16-18-20-22-24-26-28-30-32-34-36-38-40-42-44-46-53(55)61-52(51-60-62(56,57)59-49-47-54(3,4)5)50-58-48-45-43-41-39-37-35-33-31-29-27-25-23-21-19-17-15-13-11-9-7-2/h15,17,21,23,52H,6-14,16,18-20,22,24-51H2,1-5H3/p+1/b17-15-,23-21-. The van der Waals surface area contributed by atoms with E-state index in [-0.39, 0.29) is 25.8 Å². The Morgan fingerprint density at radius 3 is 1.34 bits per heavy atom. The molecule has 0 radical (unpaired) electrons. The van der Waals surface area contributed by atoms with Gasteiger partial charge in [0.25, 0.3) is 0 Å². The van der Waals surface area contributed by atoms with Crippen LogP contribution in [0.5, 0.6) is 0 Å². The number of quaternary nitrogens is 1. The summed E-state index contributed by atoms with van der Waals surface area (Å²) < 4.78 is 35.2. The van der Waals surface area contributed by atoms with Crippen molar-refractivity contribution in [1.82, 2.24) is 0 Å². The minimum absolute atomic E-state index is 0.0905. The highest BCUT2D eigenvalue weighted by atomic mass is 31.2. The summed E-state index contributed by atoms with van der Waals surface area (Å²) in [5.41, 5.74) is 0. The molecule has 0 aliphatic carbocycles. The predicted molar refractivity (Wildman–Crippen MR) is 266 cm³/mol. The molecule has 0 aromatic heterocycles. The Morgan fingerprint density at radius 1 is 0.500 bits per heavy atom. The third-order valence-corrected chi connectivity index (χ3v) is 12.7. The first kappa shape index (κ1) is 61.0. The van der Waals surface area contributed by atoms with E-state index in [1.54, 1.807) is 0 Å². The molecular weight excluding hydrogens is 794 g/mol. The fourth-order valence-electron chi connectivity index (χ4n) is 7.64. The molecule has 0 aliphatic heterocycles. The minimum Gasteiger partial charge on any atom is -0.457 e. The first-order valence-electron chi connectivity index (χ1n) is 26.6. The Kier molecular flexibility index (Phi) is 45.7. The van der Waals surface area contributed by atoms with Crippen LogP contribution in [-0.4, -0.2) is 75.6 Å². The molecule has 9 heteroatoms. The van der Waals surface area contributed by atoms with Gasteiger partial charge in [-0.25, -0.2) is 4.57 Å². The van der Waals surface area contributed by atoms with Gasteiger partial charge in [0.05, 0.1) is 34.4 Å². The van der Waals surface area contributed by atoms with Crippen molar-refractivity contribution in [2.24, 2.45) is 0 Å². The number of hydrogen-bond acceptors (Lipinski definition) is 6. The highest BCUT2D eigenvalue weighted by Gasteiger charge is 2.26. The maximum absolute atomic E-state index is 12.8. The van der Waals surface area contributed by atoms with Crippen molar-refractivity contribution in [1.29, 1.82) is 0 Å².